The maximum Gasteiger partial charge on any atom is 0.328 e. The molecule has 1 heterocycles. The van der Waals surface area contributed by atoms with Gasteiger partial charge in [-0.15, -0.1) is 0 Å². The zero-order valence-corrected chi connectivity index (χ0v) is 13.3. The minimum absolute atomic E-state index is 0.489. The molecule has 0 amide bonds. The Hall–Kier alpha value is -1.09. The largest absolute Gasteiger partial charge is 0.478 e. The van der Waals surface area contributed by atoms with Crippen LogP contribution in [0, 0.1) is 0 Å². The highest BCUT2D eigenvalue weighted by Crippen LogP contribution is 2.31. The fraction of sp³-hybridized carbons (Fsp3) is 0.722. The van der Waals surface area contributed by atoms with Crippen LogP contribution in [0.25, 0.3) is 0 Å². The molecule has 3 heteroatoms. The van der Waals surface area contributed by atoms with Crippen molar-refractivity contribution in [2.45, 2.75) is 83.3 Å². The van der Waals surface area contributed by atoms with E-state index in [-0.39, 0.29) is 0 Å². The summed E-state index contributed by atoms with van der Waals surface area (Å²) in [4.78, 5) is 10.2. The Morgan fingerprint density at radius 1 is 1.00 bits per heavy atom. The van der Waals surface area contributed by atoms with Crippen molar-refractivity contribution in [1.29, 1.82) is 0 Å². The predicted octanol–water partition coefficient (Wildman–Crippen LogP) is 4.87. The summed E-state index contributed by atoms with van der Waals surface area (Å²) in [7, 11) is 0. The number of rotatable bonds is 13. The molecule has 0 aromatic heterocycles. The van der Waals surface area contributed by atoms with Gasteiger partial charge in [0.2, 0.25) is 0 Å². The SMILES string of the molecule is CCCCCCCCC1OC1CCCC=CC=CC(=O)O. The standard InChI is InChI=1S/C18H30O3/c1-2-3-4-5-7-10-13-16-17(21-16)14-11-8-6-9-12-15-18(19)20/h6,9,12,15-17H,2-5,7-8,10-11,13-14H2,1H3,(H,19,20). The quantitative estimate of drug-likeness (QED) is 0.228. The molecule has 1 aliphatic rings. The molecule has 1 rings (SSSR count). The molecule has 0 spiro atoms. The van der Waals surface area contributed by atoms with E-state index >= 15 is 0 Å². The number of ether oxygens (including phenoxy) is 1. The van der Waals surface area contributed by atoms with Gasteiger partial charge in [0.05, 0.1) is 12.2 Å². The van der Waals surface area contributed by atoms with Crippen molar-refractivity contribution < 1.29 is 14.6 Å². The number of epoxide rings is 1. The molecule has 1 N–H and O–H groups in total. The molecule has 1 aliphatic heterocycles. The van der Waals surface area contributed by atoms with E-state index in [9.17, 15) is 4.79 Å². The molecule has 0 bridgehead atoms. The maximum absolute atomic E-state index is 10.2. The molecular weight excluding hydrogens is 264 g/mol. The first-order valence-corrected chi connectivity index (χ1v) is 8.45. The summed E-state index contributed by atoms with van der Waals surface area (Å²) in [5.74, 6) is -0.899. The van der Waals surface area contributed by atoms with Gasteiger partial charge in [-0.1, -0.05) is 63.7 Å². The van der Waals surface area contributed by atoms with Gasteiger partial charge in [0.15, 0.2) is 0 Å². The van der Waals surface area contributed by atoms with Gasteiger partial charge < -0.3 is 9.84 Å². The van der Waals surface area contributed by atoms with E-state index in [1.54, 1.807) is 12.2 Å². The van der Waals surface area contributed by atoms with Crippen LogP contribution < -0.4 is 0 Å². The topological polar surface area (TPSA) is 49.8 Å². The number of carbonyl (C=O) groups is 1. The summed E-state index contributed by atoms with van der Waals surface area (Å²) in [5, 5.41) is 8.42. The Balaban J connectivity index is 1.87. The lowest BCUT2D eigenvalue weighted by atomic mass is 10.1. The van der Waals surface area contributed by atoms with Gasteiger partial charge in [0, 0.05) is 6.08 Å². The second kappa shape index (κ2) is 11.6. The third-order valence-corrected chi connectivity index (χ3v) is 3.88. The number of hydrogen-bond acceptors (Lipinski definition) is 2. The predicted molar refractivity (Wildman–Crippen MR) is 86.4 cm³/mol. The number of carboxylic acid groups (broad SMARTS) is 1. The molecule has 0 aliphatic carbocycles. The van der Waals surface area contributed by atoms with Gasteiger partial charge in [-0.05, 0) is 25.7 Å². The first-order chi connectivity index (χ1) is 10.2. The second-order valence-electron chi connectivity index (χ2n) is 5.83. The molecular formula is C18H30O3. The average Bonchev–Trinajstić information content (AvgIpc) is 3.20. The summed E-state index contributed by atoms with van der Waals surface area (Å²) in [6.07, 6.45) is 20.1. The molecule has 120 valence electrons. The number of hydrogen-bond donors (Lipinski definition) is 1. The fourth-order valence-electron chi connectivity index (χ4n) is 2.56. The van der Waals surface area contributed by atoms with Crippen molar-refractivity contribution in [3.05, 3.63) is 24.3 Å². The minimum atomic E-state index is -0.899. The number of unbranched alkanes of at least 4 members (excludes halogenated alkanes) is 6. The molecule has 2 unspecified atom stereocenters. The number of aliphatic carboxylic acids is 1. The van der Waals surface area contributed by atoms with Crippen LogP contribution in [-0.2, 0) is 9.53 Å². The van der Waals surface area contributed by atoms with Crippen LogP contribution in [-0.4, -0.2) is 23.3 Å². The molecule has 1 saturated heterocycles. The van der Waals surface area contributed by atoms with Gasteiger partial charge in [-0.25, -0.2) is 4.79 Å². The maximum atomic E-state index is 10.2. The summed E-state index contributed by atoms with van der Waals surface area (Å²) < 4.78 is 5.69. The first kappa shape index (κ1) is 18.0. The smallest absolute Gasteiger partial charge is 0.328 e. The Morgan fingerprint density at radius 3 is 2.38 bits per heavy atom. The number of carboxylic acids is 1. The van der Waals surface area contributed by atoms with E-state index in [1.807, 2.05) is 6.08 Å². The van der Waals surface area contributed by atoms with Crippen LogP contribution in [0.4, 0.5) is 0 Å². The summed E-state index contributed by atoms with van der Waals surface area (Å²) >= 11 is 0. The van der Waals surface area contributed by atoms with Gasteiger partial charge in [0.1, 0.15) is 0 Å². The zero-order valence-electron chi connectivity index (χ0n) is 13.3. The van der Waals surface area contributed by atoms with Crippen LogP contribution in [0.3, 0.4) is 0 Å². The van der Waals surface area contributed by atoms with E-state index in [4.69, 9.17) is 9.84 Å². The Labute approximate surface area is 129 Å². The van der Waals surface area contributed by atoms with E-state index in [0.717, 1.165) is 25.3 Å². The van der Waals surface area contributed by atoms with Gasteiger partial charge in [-0.3, -0.25) is 0 Å². The van der Waals surface area contributed by atoms with Gasteiger partial charge in [-0.2, -0.15) is 0 Å². The summed E-state index contributed by atoms with van der Waals surface area (Å²) in [6, 6.07) is 0. The highest BCUT2D eigenvalue weighted by molar-refractivity contribution is 5.80. The molecule has 3 nitrogen and oxygen atoms in total. The van der Waals surface area contributed by atoms with E-state index in [0.29, 0.717) is 12.2 Å². The lowest BCUT2D eigenvalue weighted by Crippen LogP contribution is -1.94. The third kappa shape index (κ3) is 10.3. The Bertz CT molecular complexity index is 333. The molecule has 0 saturated carbocycles. The van der Waals surface area contributed by atoms with Gasteiger partial charge in [0.25, 0.3) is 0 Å². The molecule has 21 heavy (non-hydrogen) atoms. The van der Waals surface area contributed by atoms with Crippen LogP contribution in [0.15, 0.2) is 24.3 Å². The summed E-state index contributed by atoms with van der Waals surface area (Å²) in [6.45, 7) is 2.25. The highest BCUT2D eigenvalue weighted by Gasteiger charge is 2.36. The van der Waals surface area contributed by atoms with Crippen molar-refractivity contribution in [1.82, 2.24) is 0 Å². The monoisotopic (exact) mass is 294 g/mol. The Kier molecular flexibility index (Phi) is 9.88. The summed E-state index contributed by atoms with van der Waals surface area (Å²) in [5.41, 5.74) is 0. The molecule has 2 atom stereocenters. The molecule has 0 radical (unpaired) electrons. The van der Waals surface area contributed by atoms with Crippen molar-refractivity contribution in [3.63, 3.8) is 0 Å². The first-order valence-electron chi connectivity index (χ1n) is 8.45. The van der Waals surface area contributed by atoms with Crippen LogP contribution in [0.2, 0.25) is 0 Å². The van der Waals surface area contributed by atoms with Crippen molar-refractivity contribution >= 4 is 5.97 Å². The third-order valence-electron chi connectivity index (χ3n) is 3.88. The van der Waals surface area contributed by atoms with E-state index < -0.39 is 5.97 Å². The zero-order chi connectivity index (χ0) is 15.3. The lowest BCUT2D eigenvalue weighted by molar-refractivity contribution is -0.131. The van der Waals surface area contributed by atoms with Crippen molar-refractivity contribution in [2.24, 2.45) is 0 Å². The number of allylic oxidation sites excluding steroid dienone is 3. The average molecular weight is 294 g/mol. The highest BCUT2D eigenvalue weighted by atomic mass is 16.6. The minimum Gasteiger partial charge on any atom is -0.478 e. The molecule has 0 aromatic rings. The molecule has 0 aromatic carbocycles. The lowest BCUT2D eigenvalue weighted by Gasteiger charge is -1.98. The van der Waals surface area contributed by atoms with Crippen molar-refractivity contribution in [2.75, 3.05) is 0 Å². The normalized spacial score (nSPS) is 21.4. The van der Waals surface area contributed by atoms with E-state index in [2.05, 4.69) is 6.92 Å². The van der Waals surface area contributed by atoms with Crippen molar-refractivity contribution in [3.8, 4) is 0 Å². The molecule has 1 fully saturated rings. The van der Waals surface area contributed by atoms with Crippen LogP contribution >= 0.6 is 0 Å². The van der Waals surface area contributed by atoms with Gasteiger partial charge >= 0.3 is 5.97 Å². The fourth-order valence-corrected chi connectivity index (χ4v) is 2.56. The van der Waals surface area contributed by atoms with E-state index in [1.165, 1.54) is 44.9 Å². The van der Waals surface area contributed by atoms with Crippen LogP contribution in [0.1, 0.15) is 71.1 Å². The Morgan fingerprint density at radius 2 is 1.67 bits per heavy atom. The van der Waals surface area contributed by atoms with Crippen LogP contribution in [0.5, 0.6) is 0 Å². The second-order valence-corrected chi connectivity index (χ2v) is 5.83.